The normalized spacial score (nSPS) is 10.5. The maximum atomic E-state index is 12.0. The van der Waals surface area contributed by atoms with E-state index >= 15 is 0 Å². The molecule has 6 heteroatoms. The van der Waals surface area contributed by atoms with E-state index in [0.717, 1.165) is 11.1 Å². The third-order valence-corrected chi connectivity index (χ3v) is 3.88. The van der Waals surface area contributed by atoms with Crippen LogP contribution in [0.2, 0.25) is 5.02 Å². The van der Waals surface area contributed by atoms with E-state index < -0.39 is 0 Å². The number of carbonyl (C=O) groups excluding carboxylic acids is 1. The monoisotopic (exact) mass is 370 g/mol. The summed E-state index contributed by atoms with van der Waals surface area (Å²) in [6.45, 7) is 0.579. The van der Waals surface area contributed by atoms with Gasteiger partial charge in [0.2, 0.25) is 5.91 Å². The molecule has 0 atom stereocenters. The van der Waals surface area contributed by atoms with Gasteiger partial charge < -0.3 is 15.3 Å². The molecule has 5 nitrogen and oxygen atoms in total. The molecule has 0 bridgehead atoms. The summed E-state index contributed by atoms with van der Waals surface area (Å²) < 4.78 is 5.39. The van der Waals surface area contributed by atoms with Crippen LogP contribution in [0.4, 0.5) is 0 Å². The molecule has 26 heavy (non-hydrogen) atoms. The number of hydrogen-bond acceptors (Lipinski definition) is 4. The van der Waals surface area contributed by atoms with Gasteiger partial charge in [-0.2, -0.15) is 0 Å². The Hall–Kier alpha value is -2.97. The lowest BCUT2D eigenvalue weighted by molar-refractivity contribution is -0.121. The predicted octanol–water partition coefficient (Wildman–Crippen LogP) is 3.41. The van der Waals surface area contributed by atoms with Crippen LogP contribution in [0.15, 0.2) is 47.6 Å². The fourth-order valence-corrected chi connectivity index (χ4v) is 2.44. The molecular formula is C20H19ClN2O3. The number of aryl methyl sites for hydroxylation is 1. The lowest BCUT2D eigenvalue weighted by Crippen LogP contribution is -2.22. The van der Waals surface area contributed by atoms with Crippen molar-refractivity contribution >= 4 is 23.7 Å². The molecule has 0 saturated carbocycles. The van der Waals surface area contributed by atoms with Gasteiger partial charge in [0.05, 0.1) is 6.21 Å². The Labute approximate surface area is 157 Å². The zero-order valence-corrected chi connectivity index (χ0v) is 14.9. The van der Waals surface area contributed by atoms with Crippen molar-refractivity contribution in [2.24, 2.45) is 5.16 Å². The van der Waals surface area contributed by atoms with E-state index in [2.05, 4.69) is 16.4 Å². The minimum absolute atomic E-state index is 0.0509. The van der Waals surface area contributed by atoms with Gasteiger partial charge in [-0.3, -0.25) is 4.79 Å². The quantitative estimate of drug-likeness (QED) is 0.324. The number of oxime groups is 1. The first kappa shape index (κ1) is 19.4. The molecule has 0 spiro atoms. The summed E-state index contributed by atoms with van der Waals surface area (Å²) in [6.07, 6.45) is 7.34. The molecule has 2 rings (SSSR count). The number of rotatable bonds is 8. The molecule has 134 valence electrons. The third-order valence-electron chi connectivity index (χ3n) is 3.63. The fourth-order valence-electron chi connectivity index (χ4n) is 2.32. The van der Waals surface area contributed by atoms with Crippen LogP contribution in [-0.4, -0.2) is 23.9 Å². The summed E-state index contributed by atoms with van der Waals surface area (Å²) in [7, 11) is 0. The summed E-state index contributed by atoms with van der Waals surface area (Å²) >= 11 is 5.84. The lowest BCUT2D eigenvalue weighted by Gasteiger charge is -2.09. The van der Waals surface area contributed by atoms with Crippen molar-refractivity contribution in [3.05, 3.63) is 64.2 Å². The van der Waals surface area contributed by atoms with E-state index in [9.17, 15) is 4.79 Å². The predicted molar refractivity (Wildman–Crippen MR) is 102 cm³/mol. The van der Waals surface area contributed by atoms with Crippen LogP contribution < -0.4 is 10.1 Å². The van der Waals surface area contributed by atoms with Gasteiger partial charge in [-0.05, 0) is 41.8 Å². The van der Waals surface area contributed by atoms with E-state index in [4.69, 9.17) is 28.0 Å². The van der Waals surface area contributed by atoms with Gasteiger partial charge in [0.15, 0.2) is 0 Å². The van der Waals surface area contributed by atoms with E-state index in [-0.39, 0.29) is 12.5 Å². The number of hydrogen-bond donors (Lipinski definition) is 2. The standard InChI is InChI=1S/C20H19ClN2O3/c1-2-11-26-19-9-5-15(12-17(19)14-23-25)6-10-20(24)22-13-16-3-7-18(21)8-4-16/h1,3-5,7-9,12,14,25H,6,10-11,13H2,(H,22,24). The molecule has 2 aromatic carbocycles. The smallest absolute Gasteiger partial charge is 0.220 e. The Kier molecular flexibility index (Phi) is 7.53. The molecule has 0 heterocycles. The largest absolute Gasteiger partial charge is 0.480 e. The minimum Gasteiger partial charge on any atom is -0.480 e. The van der Waals surface area contributed by atoms with Crippen molar-refractivity contribution < 1.29 is 14.7 Å². The van der Waals surface area contributed by atoms with Crippen molar-refractivity contribution in [3.8, 4) is 18.1 Å². The highest BCUT2D eigenvalue weighted by Crippen LogP contribution is 2.19. The highest BCUT2D eigenvalue weighted by Gasteiger charge is 2.07. The van der Waals surface area contributed by atoms with E-state index in [0.29, 0.717) is 35.7 Å². The zero-order chi connectivity index (χ0) is 18.8. The highest BCUT2D eigenvalue weighted by atomic mass is 35.5. The number of halogens is 1. The summed E-state index contributed by atoms with van der Waals surface area (Å²) in [5.41, 5.74) is 2.51. The van der Waals surface area contributed by atoms with Gasteiger partial charge >= 0.3 is 0 Å². The van der Waals surface area contributed by atoms with Gasteiger partial charge in [0, 0.05) is 23.6 Å². The van der Waals surface area contributed by atoms with E-state index in [1.807, 2.05) is 18.2 Å². The van der Waals surface area contributed by atoms with Gasteiger partial charge in [-0.25, -0.2) is 0 Å². The Morgan fingerprint density at radius 1 is 1.27 bits per heavy atom. The Morgan fingerprint density at radius 3 is 2.69 bits per heavy atom. The molecule has 0 aliphatic carbocycles. The van der Waals surface area contributed by atoms with Crippen molar-refractivity contribution in [3.63, 3.8) is 0 Å². The van der Waals surface area contributed by atoms with Gasteiger partial charge in [-0.15, -0.1) is 6.42 Å². The highest BCUT2D eigenvalue weighted by molar-refractivity contribution is 6.30. The van der Waals surface area contributed by atoms with Crippen molar-refractivity contribution in [2.45, 2.75) is 19.4 Å². The summed E-state index contributed by atoms with van der Waals surface area (Å²) in [5, 5.41) is 15.3. The molecule has 2 aromatic rings. The lowest BCUT2D eigenvalue weighted by atomic mass is 10.1. The van der Waals surface area contributed by atoms with Gasteiger partial charge in [0.25, 0.3) is 0 Å². The van der Waals surface area contributed by atoms with Crippen LogP contribution in [-0.2, 0) is 17.8 Å². The molecule has 0 aliphatic heterocycles. The second-order valence-electron chi connectivity index (χ2n) is 5.51. The minimum atomic E-state index is -0.0509. The Balaban J connectivity index is 1.89. The molecule has 0 saturated heterocycles. The number of benzene rings is 2. The SMILES string of the molecule is C#CCOc1ccc(CCC(=O)NCc2ccc(Cl)cc2)cc1C=NO. The molecule has 0 aromatic heterocycles. The summed E-state index contributed by atoms with van der Waals surface area (Å²) in [4.78, 5) is 12.0. The van der Waals surface area contributed by atoms with E-state index in [1.54, 1.807) is 24.3 Å². The number of terminal acetylenes is 1. The maximum Gasteiger partial charge on any atom is 0.220 e. The van der Waals surface area contributed by atoms with Crippen LogP contribution in [0.3, 0.4) is 0 Å². The topological polar surface area (TPSA) is 70.9 Å². The molecule has 0 aliphatic rings. The number of carbonyl (C=O) groups is 1. The molecule has 0 unspecified atom stereocenters. The van der Waals surface area contributed by atoms with Crippen molar-refractivity contribution in [1.82, 2.24) is 5.32 Å². The van der Waals surface area contributed by atoms with Crippen LogP contribution in [0.5, 0.6) is 5.75 Å². The zero-order valence-electron chi connectivity index (χ0n) is 14.1. The number of nitrogens with zero attached hydrogens (tertiary/aromatic N) is 1. The Bertz CT molecular complexity index is 811. The summed E-state index contributed by atoms with van der Waals surface area (Å²) in [5.74, 6) is 2.86. The maximum absolute atomic E-state index is 12.0. The van der Waals surface area contributed by atoms with E-state index in [1.165, 1.54) is 6.21 Å². The first-order valence-electron chi connectivity index (χ1n) is 8.00. The van der Waals surface area contributed by atoms with Crippen molar-refractivity contribution in [1.29, 1.82) is 0 Å². The second kappa shape index (κ2) is 10.1. The number of amides is 1. The molecule has 1 amide bonds. The summed E-state index contributed by atoms with van der Waals surface area (Å²) in [6, 6.07) is 12.7. The van der Waals surface area contributed by atoms with Gasteiger partial charge in [0.1, 0.15) is 12.4 Å². The first-order chi connectivity index (χ1) is 12.6. The average Bonchev–Trinajstić information content (AvgIpc) is 2.65. The van der Waals surface area contributed by atoms with Crippen LogP contribution in [0, 0.1) is 12.3 Å². The first-order valence-corrected chi connectivity index (χ1v) is 8.38. The third kappa shape index (κ3) is 6.15. The van der Waals surface area contributed by atoms with Crippen molar-refractivity contribution in [2.75, 3.05) is 6.61 Å². The molecule has 0 fully saturated rings. The molecular weight excluding hydrogens is 352 g/mol. The average molecular weight is 371 g/mol. The van der Waals surface area contributed by atoms with Crippen LogP contribution in [0.25, 0.3) is 0 Å². The van der Waals surface area contributed by atoms with Gasteiger partial charge in [-0.1, -0.05) is 40.9 Å². The fraction of sp³-hybridized carbons (Fsp3) is 0.200. The molecule has 0 radical (unpaired) electrons. The van der Waals surface area contributed by atoms with Crippen LogP contribution >= 0.6 is 11.6 Å². The Morgan fingerprint density at radius 2 is 2.00 bits per heavy atom. The van der Waals surface area contributed by atoms with Crippen LogP contribution in [0.1, 0.15) is 23.1 Å². The number of ether oxygens (including phenoxy) is 1. The number of nitrogens with one attached hydrogen (secondary N) is 1. The second-order valence-corrected chi connectivity index (χ2v) is 5.95. The molecule has 2 N–H and O–H groups in total.